The van der Waals surface area contributed by atoms with E-state index < -0.39 is 5.09 Å². The second kappa shape index (κ2) is 4.12. The van der Waals surface area contributed by atoms with Crippen molar-refractivity contribution in [1.29, 1.82) is 0 Å². The Morgan fingerprint density at radius 1 is 1.80 bits per heavy atom. The Hall–Kier alpha value is 0.122. The molecule has 0 atom stereocenters. The molecule has 1 N–H and O–H groups in total. The van der Waals surface area contributed by atoms with Crippen LogP contribution in [0.4, 0.5) is 0 Å². The SMILES string of the molecule is O=[N+]([O-])O.[PbH4]. The molecule has 0 fully saturated rings. The van der Waals surface area contributed by atoms with Crippen LogP contribution in [0.3, 0.4) is 0 Å². The van der Waals surface area contributed by atoms with E-state index in [4.69, 9.17) is 15.3 Å². The number of hydrogen-bond donors (Lipinski definition) is 1. The quantitative estimate of drug-likeness (QED) is 0.322. The number of nitrogens with zero attached hydrogens (tertiary/aromatic N) is 1. The fraction of sp³-hybridized carbons (Fsp3) is 0. The molecular weight excluding hydrogens is 269 g/mol. The van der Waals surface area contributed by atoms with Crippen molar-refractivity contribution in [3.63, 3.8) is 0 Å². The summed E-state index contributed by atoms with van der Waals surface area (Å²) < 4.78 is 0. The van der Waals surface area contributed by atoms with Gasteiger partial charge in [0, 0.05) is 0 Å². The maximum absolute atomic E-state index is 8.36. The van der Waals surface area contributed by atoms with Crippen LogP contribution in [-0.2, 0) is 0 Å². The van der Waals surface area contributed by atoms with Crippen molar-refractivity contribution in [3.8, 4) is 0 Å². The van der Waals surface area contributed by atoms with Crippen LogP contribution in [0.5, 0.6) is 0 Å². The number of rotatable bonds is 0. The Morgan fingerprint density at radius 2 is 1.80 bits per heavy atom. The molecule has 0 aliphatic carbocycles. The molecule has 0 radical (unpaired) electrons. The van der Waals surface area contributed by atoms with Gasteiger partial charge in [0.2, 0.25) is 0 Å². The van der Waals surface area contributed by atoms with E-state index in [1.807, 2.05) is 0 Å². The maximum atomic E-state index is 8.36. The van der Waals surface area contributed by atoms with E-state index in [0.29, 0.717) is 0 Å². The predicted octanol–water partition coefficient (Wildman–Crippen LogP) is -1.80. The third-order valence-electron chi connectivity index (χ3n) is 0. The molecule has 0 amide bonds. The van der Waals surface area contributed by atoms with Gasteiger partial charge in [0.05, 0.1) is 0 Å². The van der Waals surface area contributed by atoms with Gasteiger partial charge in [-0.05, 0) is 0 Å². The standard InChI is InChI=1S/HNO3.Pb.4H/c2-1(3)4;;;;;/h(H,2,3,4);;;;;. The third-order valence-corrected chi connectivity index (χ3v) is 0. The summed E-state index contributed by atoms with van der Waals surface area (Å²) in [6.45, 7) is 0. The minimum absolute atomic E-state index is 0. The van der Waals surface area contributed by atoms with Crippen LogP contribution >= 0.6 is 0 Å². The van der Waals surface area contributed by atoms with Crippen molar-refractivity contribution in [2.24, 2.45) is 0 Å². The first-order valence-electron chi connectivity index (χ1n) is 0.565. The van der Waals surface area contributed by atoms with E-state index in [2.05, 4.69) is 0 Å². The molecule has 0 aromatic heterocycles. The fourth-order valence-corrected chi connectivity index (χ4v) is 0. The zero-order valence-electron chi connectivity index (χ0n) is 1.71. The van der Waals surface area contributed by atoms with Crippen LogP contribution in [0, 0.1) is 10.1 Å². The van der Waals surface area contributed by atoms with E-state index in [-0.39, 0.29) is 27.3 Å². The summed E-state index contributed by atoms with van der Waals surface area (Å²) in [5.74, 6) is 0. The van der Waals surface area contributed by atoms with Gasteiger partial charge in [0.15, 0.2) is 0 Å². The van der Waals surface area contributed by atoms with Crippen molar-refractivity contribution in [3.05, 3.63) is 10.1 Å². The number of hydrogen-bond acceptors (Lipinski definition) is 2. The summed E-state index contributed by atoms with van der Waals surface area (Å²) in [7, 11) is 0. The van der Waals surface area contributed by atoms with E-state index in [1.165, 1.54) is 0 Å². The predicted molar refractivity (Wildman–Crippen MR) is 20.1 cm³/mol. The van der Waals surface area contributed by atoms with Gasteiger partial charge in [-0.2, -0.15) is 0 Å². The first kappa shape index (κ1) is 8.93. The van der Waals surface area contributed by atoms with Crippen LogP contribution in [0.2, 0.25) is 0 Å². The average Bonchev–Trinajstić information content (AvgIpc) is 0.811. The van der Waals surface area contributed by atoms with Crippen LogP contribution in [0.25, 0.3) is 0 Å². The van der Waals surface area contributed by atoms with Gasteiger partial charge < -0.3 is 5.21 Å². The molecule has 0 aliphatic rings. The van der Waals surface area contributed by atoms with Gasteiger partial charge in [-0.1, -0.05) is 0 Å². The van der Waals surface area contributed by atoms with Crippen molar-refractivity contribution in [2.45, 2.75) is 0 Å². The van der Waals surface area contributed by atoms with E-state index in [0.717, 1.165) is 0 Å². The topological polar surface area (TPSA) is 63.4 Å². The van der Waals surface area contributed by atoms with Crippen LogP contribution < -0.4 is 0 Å². The van der Waals surface area contributed by atoms with Crippen LogP contribution in [0.1, 0.15) is 0 Å². The minimum atomic E-state index is -1.50. The molecule has 0 aromatic carbocycles. The van der Waals surface area contributed by atoms with Crippen molar-refractivity contribution in [1.82, 2.24) is 0 Å². The molecule has 32 valence electrons. The molecule has 0 aromatic rings. The Morgan fingerprint density at radius 3 is 1.80 bits per heavy atom. The molecule has 0 heterocycles. The van der Waals surface area contributed by atoms with Crippen molar-refractivity contribution >= 4 is 27.3 Å². The summed E-state index contributed by atoms with van der Waals surface area (Å²) in [4.78, 5) is 8.36. The van der Waals surface area contributed by atoms with Gasteiger partial charge in [0.25, 0.3) is 5.09 Å². The van der Waals surface area contributed by atoms with E-state index >= 15 is 0 Å². The van der Waals surface area contributed by atoms with Gasteiger partial charge >= 0.3 is 27.3 Å². The molecule has 0 aliphatic heterocycles. The molecule has 0 saturated carbocycles. The summed E-state index contributed by atoms with van der Waals surface area (Å²) in [6, 6.07) is 0. The fourth-order valence-electron chi connectivity index (χ4n) is 0. The molecule has 5 heavy (non-hydrogen) atoms. The summed E-state index contributed by atoms with van der Waals surface area (Å²) >= 11 is 0. The molecule has 0 spiro atoms. The Balaban J connectivity index is 0. The summed E-state index contributed by atoms with van der Waals surface area (Å²) in [6.07, 6.45) is 0. The van der Waals surface area contributed by atoms with Crippen LogP contribution in [0.15, 0.2) is 0 Å². The van der Waals surface area contributed by atoms with Crippen LogP contribution in [-0.4, -0.2) is 37.6 Å². The third kappa shape index (κ3) is 1250. The summed E-state index contributed by atoms with van der Waals surface area (Å²) in [5.41, 5.74) is 0. The van der Waals surface area contributed by atoms with Gasteiger partial charge in [-0.15, -0.1) is 10.1 Å². The molecule has 5 heteroatoms. The normalized spacial score (nSPS) is 4.80. The second-order valence-electron chi connectivity index (χ2n) is 0.238. The molecule has 0 bridgehead atoms. The zero-order chi connectivity index (χ0) is 3.58. The summed E-state index contributed by atoms with van der Waals surface area (Å²) in [5, 5.41) is 13.6. The van der Waals surface area contributed by atoms with Crippen molar-refractivity contribution < 1.29 is 10.3 Å². The Kier molecular flexibility index (Phi) is 7.36. The zero-order valence-corrected chi connectivity index (χ0v) is 1.71. The molecule has 0 rings (SSSR count). The molecule has 0 saturated heterocycles. The first-order chi connectivity index (χ1) is 1.73. The van der Waals surface area contributed by atoms with E-state index in [1.54, 1.807) is 0 Å². The van der Waals surface area contributed by atoms with Gasteiger partial charge in [-0.25, -0.2) is 0 Å². The van der Waals surface area contributed by atoms with E-state index in [9.17, 15) is 0 Å². The van der Waals surface area contributed by atoms with Gasteiger partial charge in [-0.3, -0.25) is 0 Å². The Bertz CT molecular complexity index is 29.9. The first-order valence-corrected chi connectivity index (χ1v) is 0.565. The monoisotopic (exact) mass is 275 g/mol. The second-order valence-corrected chi connectivity index (χ2v) is 0.238. The van der Waals surface area contributed by atoms with Crippen molar-refractivity contribution in [2.75, 3.05) is 0 Å². The molecule has 0 unspecified atom stereocenters. The van der Waals surface area contributed by atoms with Gasteiger partial charge in [0.1, 0.15) is 0 Å². The molecular formula is H5NO3Pb. The Labute approximate surface area is 48.1 Å². The average molecular weight is 274 g/mol. The molecule has 4 nitrogen and oxygen atoms in total.